The molecule has 0 aliphatic heterocycles. The number of rotatable bonds is 2. The lowest BCUT2D eigenvalue weighted by atomic mass is 9.83. The van der Waals surface area contributed by atoms with Crippen LogP contribution in [-0.4, -0.2) is 0 Å². The van der Waals surface area contributed by atoms with Gasteiger partial charge in [0.05, 0.1) is 18.2 Å². The smallest absolute Gasteiger partial charge is 0.194 e. The van der Waals surface area contributed by atoms with Crippen molar-refractivity contribution in [1.29, 1.82) is 5.26 Å². The summed E-state index contributed by atoms with van der Waals surface area (Å²) >= 11 is 0. The van der Waals surface area contributed by atoms with Gasteiger partial charge < -0.3 is 0 Å². The van der Waals surface area contributed by atoms with E-state index in [2.05, 4.69) is 38.6 Å². The third-order valence-electron chi connectivity index (χ3n) is 3.44. The summed E-state index contributed by atoms with van der Waals surface area (Å²) in [4.78, 5) is 3.71. The molecular weight excluding hydrogens is 220 g/mol. The van der Waals surface area contributed by atoms with Gasteiger partial charge in [0.1, 0.15) is 0 Å². The van der Waals surface area contributed by atoms with Crippen LogP contribution in [0.5, 0.6) is 0 Å². The van der Waals surface area contributed by atoms with Crippen LogP contribution >= 0.6 is 0 Å². The second kappa shape index (κ2) is 5.23. The molecule has 0 aromatic heterocycles. The van der Waals surface area contributed by atoms with E-state index in [1.165, 1.54) is 0 Å². The molecule has 0 aliphatic carbocycles. The minimum absolute atomic E-state index is 0.264. The average Bonchev–Trinajstić information content (AvgIpc) is 2.29. The van der Waals surface area contributed by atoms with Crippen molar-refractivity contribution in [1.82, 2.24) is 0 Å². The van der Waals surface area contributed by atoms with E-state index in [0.717, 1.165) is 33.5 Å². The van der Waals surface area contributed by atoms with Crippen LogP contribution in [0.15, 0.2) is 0 Å². The zero-order chi connectivity index (χ0) is 14.0. The summed E-state index contributed by atoms with van der Waals surface area (Å²) in [6.45, 7) is 19.7. The predicted molar refractivity (Wildman–Crippen MR) is 75.1 cm³/mol. The first-order valence-electron chi connectivity index (χ1n) is 6.31. The molecule has 94 valence electrons. The zero-order valence-electron chi connectivity index (χ0n) is 12.0. The third-order valence-corrected chi connectivity index (χ3v) is 3.44. The molecule has 1 aromatic carbocycles. The van der Waals surface area contributed by atoms with E-state index in [-0.39, 0.29) is 11.8 Å². The van der Waals surface area contributed by atoms with Crippen LogP contribution in [0.1, 0.15) is 67.3 Å². The Bertz CT molecular complexity index is 500. The zero-order valence-corrected chi connectivity index (χ0v) is 12.0. The molecule has 1 aromatic rings. The van der Waals surface area contributed by atoms with Crippen LogP contribution in [0.25, 0.3) is 4.85 Å². The van der Waals surface area contributed by atoms with Crippen LogP contribution in [0.4, 0.5) is 5.69 Å². The van der Waals surface area contributed by atoms with Gasteiger partial charge in [0.2, 0.25) is 0 Å². The fourth-order valence-corrected chi connectivity index (χ4v) is 2.75. The van der Waals surface area contributed by atoms with Crippen LogP contribution in [0, 0.1) is 31.8 Å². The number of hydrogen-bond acceptors (Lipinski definition) is 1. The number of nitrogens with zero attached hydrogens (tertiary/aromatic N) is 2. The monoisotopic (exact) mass is 240 g/mol. The lowest BCUT2D eigenvalue weighted by Crippen LogP contribution is -2.05. The number of benzene rings is 1. The van der Waals surface area contributed by atoms with Crippen molar-refractivity contribution in [3.05, 3.63) is 39.2 Å². The molecule has 0 saturated heterocycles. The molecule has 18 heavy (non-hydrogen) atoms. The maximum Gasteiger partial charge on any atom is 0.194 e. The summed E-state index contributed by atoms with van der Waals surface area (Å²) in [5.74, 6) is 0.529. The number of hydrogen-bond donors (Lipinski definition) is 0. The Morgan fingerprint density at radius 1 is 1.00 bits per heavy atom. The maximum absolute atomic E-state index is 9.41. The molecule has 0 amide bonds. The molecule has 0 unspecified atom stereocenters. The van der Waals surface area contributed by atoms with Gasteiger partial charge in [0, 0.05) is 0 Å². The van der Waals surface area contributed by atoms with E-state index in [9.17, 15) is 5.26 Å². The molecule has 0 saturated carbocycles. The van der Waals surface area contributed by atoms with Crippen molar-refractivity contribution in [3.63, 3.8) is 0 Å². The first kappa shape index (κ1) is 14.3. The molecule has 1 rings (SSSR count). The van der Waals surface area contributed by atoms with Gasteiger partial charge in [-0.3, -0.25) is 0 Å². The molecule has 0 N–H and O–H groups in total. The second-order valence-electron chi connectivity index (χ2n) is 5.33. The van der Waals surface area contributed by atoms with Crippen molar-refractivity contribution in [3.8, 4) is 6.07 Å². The van der Waals surface area contributed by atoms with Crippen molar-refractivity contribution in [2.45, 2.75) is 53.4 Å². The molecule has 0 heterocycles. The summed E-state index contributed by atoms with van der Waals surface area (Å²) in [5, 5.41) is 9.41. The quantitative estimate of drug-likeness (QED) is 0.670. The molecule has 0 spiro atoms. The van der Waals surface area contributed by atoms with Crippen LogP contribution < -0.4 is 0 Å². The fraction of sp³-hybridized carbons (Fsp3) is 0.500. The first-order valence-corrected chi connectivity index (χ1v) is 6.31. The first-order chi connectivity index (χ1) is 8.36. The van der Waals surface area contributed by atoms with Crippen LogP contribution in [0.3, 0.4) is 0 Å². The molecule has 0 fully saturated rings. The van der Waals surface area contributed by atoms with Gasteiger partial charge in [0.25, 0.3) is 0 Å². The lowest BCUT2D eigenvalue weighted by Gasteiger charge is -2.22. The molecule has 2 nitrogen and oxygen atoms in total. The summed E-state index contributed by atoms with van der Waals surface area (Å²) < 4.78 is 0. The van der Waals surface area contributed by atoms with Crippen molar-refractivity contribution in [2.75, 3.05) is 0 Å². The minimum atomic E-state index is 0.264. The van der Waals surface area contributed by atoms with Crippen molar-refractivity contribution < 1.29 is 0 Å². The van der Waals surface area contributed by atoms with Gasteiger partial charge >= 0.3 is 0 Å². The fourth-order valence-electron chi connectivity index (χ4n) is 2.75. The van der Waals surface area contributed by atoms with E-state index in [0.29, 0.717) is 0 Å². The largest absolute Gasteiger partial charge is 0.238 e. The SMILES string of the molecule is [C-]#[N+]c1c(C)c(C(C)C)c(C#N)c(C)c1C(C)C. The van der Waals surface area contributed by atoms with Gasteiger partial charge in [-0.05, 0) is 47.9 Å². The Labute approximate surface area is 110 Å². The Hall–Kier alpha value is -1.80. The maximum atomic E-state index is 9.41. The van der Waals surface area contributed by atoms with E-state index in [4.69, 9.17) is 6.57 Å². The van der Waals surface area contributed by atoms with Gasteiger partial charge in [0.15, 0.2) is 5.69 Å². The van der Waals surface area contributed by atoms with E-state index in [1.807, 2.05) is 13.8 Å². The summed E-state index contributed by atoms with van der Waals surface area (Å²) in [5.41, 5.74) is 5.52. The van der Waals surface area contributed by atoms with E-state index in [1.54, 1.807) is 0 Å². The molecular formula is C16H20N2. The van der Waals surface area contributed by atoms with Gasteiger partial charge in [-0.2, -0.15) is 5.26 Å². The van der Waals surface area contributed by atoms with Crippen LogP contribution in [0.2, 0.25) is 0 Å². The average molecular weight is 240 g/mol. The van der Waals surface area contributed by atoms with Gasteiger partial charge in [-0.25, -0.2) is 4.85 Å². The van der Waals surface area contributed by atoms with E-state index >= 15 is 0 Å². The predicted octanol–water partition coefficient (Wildman–Crippen LogP) is 4.97. The van der Waals surface area contributed by atoms with Crippen LogP contribution in [-0.2, 0) is 0 Å². The molecule has 0 aliphatic rings. The summed E-state index contributed by atoms with van der Waals surface area (Å²) in [7, 11) is 0. The highest BCUT2D eigenvalue weighted by molar-refractivity contribution is 5.70. The minimum Gasteiger partial charge on any atom is -0.238 e. The Morgan fingerprint density at radius 3 is 1.83 bits per heavy atom. The molecule has 0 bridgehead atoms. The van der Waals surface area contributed by atoms with Crippen molar-refractivity contribution >= 4 is 5.69 Å². The highest BCUT2D eigenvalue weighted by Crippen LogP contribution is 2.40. The Morgan fingerprint density at radius 2 is 1.50 bits per heavy atom. The number of nitriles is 1. The summed E-state index contributed by atoms with van der Waals surface area (Å²) in [6, 6.07) is 2.33. The van der Waals surface area contributed by atoms with Crippen molar-refractivity contribution in [2.24, 2.45) is 0 Å². The van der Waals surface area contributed by atoms with E-state index < -0.39 is 0 Å². The highest BCUT2D eigenvalue weighted by Gasteiger charge is 2.22. The Kier molecular flexibility index (Phi) is 4.15. The second-order valence-corrected chi connectivity index (χ2v) is 5.33. The third kappa shape index (κ3) is 2.12. The van der Waals surface area contributed by atoms with Gasteiger partial charge in [-0.15, -0.1) is 0 Å². The molecule has 0 atom stereocenters. The highest BCUT2D eigenvalue weighted by atomic mass is 14.7. The lowest BCUT2D eigenvalue weighted by molar-refractivity contribution is 0.827. The summed E-state index contributed by atoms with van der Waals surface area (Å²) in [6.07, 6.45) is 0. The molecule has 0 radical (unpaired) electrons. The normalized spacial score (nSPS) is 10.6. The molecule has 2 heteroatoms. The Balaban J connectivity index is 3.89. The standard InChI is InChI=1S/C16H20N2/c1-9(2)14-12(6)16(18-7)15(10(3)4)11(5)13(14)8-17/h9-10H,1-6H3. The van der Waals surface area contributed by atoms with Gasteiger partial charge in [-0.1, -0.05) is 27.7 Å². The topological polar surface area (TPSA) is 28.1 Å².